The Morgan fingerprint density at radius 2 is 2.17 bits per heavy atom. The van der Waals surface area contributed by atoms with E-state index in [-0.39, 0.29) is 6.61 Å². The fourth-order valence-corrected chi connectivity index (χ4v) is 1.59. The van der Waals surface area contributed by atoms with Crippen LogP contribution in [0.15, 0.2) is 42.7 Å². The van der Waals surface area contributed by atoms with E-state index < -0.39 is 12.1 Å². The molecule has 0 bridgehead atoms. The largest absolute Gasteiger partial charge is 0.464 e. The molecule has 5 nitrogen and oxygen atoms in total. The van der Waals surface area contributed by atoms with E-state index >= 15 is 0 Å². The van der Waals surface area contributed by atoms with Gasteiger partial charge in [0, 0.05) is 12.4 Å². The zero-order chi connectivity index (χ0) is 13.0. The van der Waals surface area contributed by atoms with Gasteiger partial charge in [-0.2, -0.15) is 5.10 Å². The van der Waals surface area contributed by atoms with Gasteiger partial charge in [0.05, 0.1) is 12.3 Å². The molecule has 1 atom stereocenters. The van der Waals surface area contributed by atoms with Gasteiger partial charge in [0.2, 0.25) is 0 Å². The van der Waals surface area contributed by atoms with E-state index in [1.807, 2.05) is 12.3 Å². The summed E-state index contributed by atoms with van der Waals surface area (Å²) in [5.74, 6) is -0.635. The SMILES string of the molecule is CCOC(=O)[C@H](O)c1ccc(-n2cccn2)cc1. The summed E-state index contributed by atoms with van der Waals surface area (Å²) in [6, 6.07) is 8.74. The number of esters is 1. The van der Waals surface area contributed by atoms with Gasteiger partial charge in [-0.15, -0.1) is 0 Å². The van der Waals surface area contributed by atoms with Crippen LogP contribution < -0.4 is 0 Å². The number of carbonyl (C=O) groups excluding carboxylic acids is 1. The third-order valence-corrected chi connectivity index (χ3v) is 2.49. The zero-order valence-electron chi connectivity index (χ0n) is 9.98. The highest BCUT2D eigenvalue weighted by atomic mass is 16.5. The number of aromatic nitrogens is 2. The molecule has 0 saturated heterocycles. The number of benzene rings is 1. The van der Waals surface area contributed by atoms with Gasteiger partial charge in [-0.05, 0) is 30.7 Å². The molecule has 0 fully saturated rings. The summed E-state index contributed by atoms with van der Waals surface area (Å²) in [5, 5.41) is 13.8. The molecule has 0 aliphatic carbocycles. The molecular formula is C13H14N2O3. The minimum absolute atomic E-state index is 0.251. The number of ether oxygens (including phenoxy) is 1. The maximum absolute atomic E-state index is 11.4. The van der Waals surface area contributed by atoms with Crippen molar-refractivity contribution in [3.63, 3.8) is 0 Å². The van der Waals surface area contributed by atoms with Crippen LogP contribution >= 0.6 is 0 Å². The first-order chi connectivity index (χ1) is 8.72. The zero-order valence-corrected chi connectivity index (χ0v) is 9.98. The molecule has 0 unspecified atom stereocenters. The first-order valence-electron chi connectivity index (χ1n) is 5.67. The van der Waals surface area contributed by atoms with Crippen LogP contribution in [0.2, 0.25) is 0 Å². The molecule has 1 aromatic heterocycles. The van der Waals surface area contributed by atoms with Crippen molar-refractivity contribution in [3.8, 4) is 5.69 Å². The lowest BCUT2D eigenvalue weighted by Crippen LogP contribution is -2.15. The first-order valence-corrected chi connectivity index (χ1v) is 5.67. The van der Waals surface area contributed by atoms with Crippen LogP contribution in [0.4, 0.5) is 0 Å². The number of carbonyl (C=O) groups is 1. The molecule has 1 heterocycles. The average Bonchev–Trinajstić information content (AvgIpc) is 2.92. The second-order valence-corrected chi connectivity index (χ2v) is 3.70. The first kappa shape index (κ1) is 12.3. The average molecular weight is 246 g/mol. The van der Waals surface area contributed by atoms with E-state index in [4.69, 9.17) is 4.74 Å². The minimum atomic E-state index is -1.24. The maximum atomic E-state index is 11.4. The summed E-state index contributed by atoms with van der Waals surface area (Å²) in [5.41, 5.74) is 1.36. The smallest absolute Gasteiger partial charge is 0.339 e. The van der Waals surface area contributed by atoms with Crippen molar-refractivity contribution in [2.75, 3.05) is 6.61 Å². The van der Waals surface area contributed by atoms with Crippen LogP contribution in [0.25, 0.3) is 5.69 Å². The van der Waals surface area contributed by atoms with E-state index in [0.29, 0.717) is 5.56 Å². The number of aliphatic hydroxyl groups is 1. The molecular weight excluding hydrogens is 232 g/mol. The molecule has 0 aliphatic heterocycles. The molecule has 1 N–H and O–H groups in total. The Hall–Kier alpha value is -2.14. The summed E-state index contributed by atoms with van der Waals surface area (Å²) in [6.45, 7) is 1.95. The predicted octanol–water partition coefficient (Wildman–Crippen LogP) is 1.47. The van der Waals surface area contributed by atoms with Gasteiger partial charge >= 0.3 is 5.97 Å². The van der Waals surface area contributed by atoms with Crippen LogP contribution in [0.1, 0.15) is 18.6 Å². The molecule has 1 aromatic carbocycles. The van der Waals surface area contributed by atoms with Crippen LogP contribution in [-0.4, -0.2) is 27.5 Å². The number of aliphatic hydroxyl groups excluding tert-OH is 1. The molecule has 94 valence electrons. The van der Waals surface area contributed by atoms with Crippen LogP contribution in [-0.2, 0) is 9.53 Å². The van der Waals surface area contributed by atoms with Crippen LogP contribution in [0.5, 0.6) is 0 Å². The van der Waals surface area contributed by atoms with E-state index in [2.05, 4.69) is 5.10 Å². The summed E-state index contributed by atoms with van der Waals surface area (Å²) in [4.78, 5) is 11.4. The van der Waals surface area contributed by atoms with Crippen LogP contribution in [0, 0.1) is 0 Å². The summed E-state index contributed by atoms with van der Waals surface area (Å²) in [7, 11) is 0. The minimum Gasteiger partial charge on any atom is -0.464 e. The van der Waals surface area contributed by atoms with Crippen molar-refractivity contribution in [1.29, 1.82) is 0 Å². The summed E-state index contributed by atoms with van der Waals surface area (Å²) in [6.07, 6.45) is 2.26. The molecule has 0 spiro atoms. The van der Waals surface area contributed by atoms with E-state index in [1.165, 1.54) is 0 Å². The van der Waals surface area contributed by atoms with Crippen molar-refractivity contribution in [3.05, 3.63) is 48.3 Å². The summed E-state index contributed by atoms with van der Waals surface area (Å²) < 4.78 is 6.45. The molecule has 2 rings (SSSR count). The number of nitrogens with zero attached hydrogens (tertiary/aromatic N) is 2. The third-order valence-electron chi connectivity index (χ3n) is 2.49. The van der Waals surface area contributed by atoms with Crippen molar-refractivity contribution in [2.45, 2.75) is 13.0 Å². The van der Waals surface area contributed by atoms with Crippen molar-refractivity contribution in [2.24, 2.45) is 0 Å². The quantitative estimate of drug-likeness (QED) is 0.830. The number of rotatable bonds is 4. The Morgan fingerprint density at radius 3 is 2.72 bits per heavy atom. The van der Waals surface area contributed by atoms with Crippen molar-refractivity contribution in [1.82, 2.24) is 9.78 Å². The Bertz CT molecular complexity index is 506. The molecule has 0 saturated carbocycles. The maximum Gasteiger partial charge on any atom is 0.339 e. The third kappa shape index (κ3) is 2.57. The van der Waals surface area contributed by atoms with Crippen molar-refractivity contribution < 1.29 is 14.6 Å². The second-order valence-electron chi connectivity index (χ2n) is 3.70. The van der Waals surface area contributed by atoms with Gasteiger partial charge in [-0.3, -0.25) is 0 Å². The number of hydrogen-bond acceptors (Lipinski definition) is 4. The van der Waals surface area contributed by atoms with Gasteiger partial charge < -0.3 is 9.84 Å². The molecule has 0 radical (unpaired) electrons. The lowest BCUT2D eigenvalue weighted by atomic mass is 10.1. The Morgan fingerprint density at radius 1 is 1.44 bits per heavy atom. The molecule has 18 heavy (non-hydrogen) atoms. The fourth-order valence-electron chi connectivity index (χ4n) is 1.59. The van der Waals surface area contributed by atoms with Gasteiger partial charge in [0.25, 0.3) is 0 Å². The predicted molar refractivity (Wildman–Crippen MR) is 65.2 cm³/mol. The second kappa shape index (κ2) is 5.46. The Kier molecular flexibility index (Phi) is 3.74. The number of hydrogen-bond donors (Lipinski definition) is 1. The molecule has 0 aliphatic rings. The molecule has 0 amide bonds. The monoisotopic (exact) mass is 246 g/mol. The Labute approximate surface area is 105 Å². The topological polar surface area (TPSA) is 64.3 Å². The van der Waals surface area contributed by atoms with Gasteiger partial charge in [0.1, 0.15) is 0 Å². The van der Waals surface area contributed by atoms with E-state index in [0.717, 1.165) is 5.69 Å². The Balaban J connectivity index is 2.15. The van der Waals surface area contributed by atoms with E-state index in [1.54, 1.807) is 42.1 Å². The lowest BCUT2D eigenvalue weighted by Gasteiger charge is -2.10. The van der Waals surface area contributed by atoms with Gasteiger partial charge in [-0.25, -0.2) is 9.48 Å². The van der Waals surface area contributed by atoms with Crippen LogP contribution in [0.3, 0.4) is 0 Å². The van der Waals surface area contributed by atoms with E-state index in [9.17, 15) is 9.90 Å². The fraction of sp³-hybridized carbons (Fsp3) is 0.231. The van der Waals surface area contributed by atoms with Gasteiger partial charge in [0.15, 0.2) is 6.10 Å². The summed E-state index contributed by atoms with van der Waals surface area (Å²) >= 11 is 0. The highest BCUT2D eigenvalue weighted by Crippen LogP contribution is 2.16. The van der Waals surface area contributed by atoms with Crippen molar-refractivity contribution >= 4 is 5.97 Å². The standard InChI is InChI=1S/C13H14N2O3/c1-2-18-13(17)12(16)10-4-6-11(7-5-10)15-9-3-8-14-15/h3-9,12,16H,2H2,1H3/t12-/m1/s1. The normalized spacial score (nSPS) is 12.1. The highest BCUT2D eigenvalue weighted by molar-refractivity contribution is 5.76. The molecule has 2 aromatic rings. The molecule has 5 heteroatoms. The lowest BCUT2D eigenvalue weighted by molar-refractivity contribution is -0.153. The van der Waals surface area contributed by atoms with Gasteiger partial charge in [-0.1, -0.05) is 12.1 Å². The highest BCUT2D eigenvalue weighted by Gasteiger charge is 2.18.